The van der Waals surface area contributed by atoms with Gasteiger partial charge in [-0.1, -0.05) is 6.92 Å². The first kappa shape index (κ1) is 15.7. The van der Waals surface area contributed by atoms with E-state index in [-0.39, 0.29) is 36.6 Å². The minimum atomic E-state index is -3.03. The van der Waals surface area contributed by atoms with Crippen molar-refractivity contribution in [2.75, 3.05) is 37.7 Å². The van der Waals surface area contributed by atoms with Gasteiger partial charge in [-0.05, 0) is 25.8 Å². The van der Waals surface area contributed by atoms with E-state index in [0.29, 0.717) is 13.0 Å². The van der Waals surface area contributed by atoms with Crippen molar-refractivity contribution in [1.82, 2.24) is 10.2 Å². The molecular formula is C13H24N2O4S. The van der Waals surface area contributed by atoms with Crippen LogP contribution in [0.3, 0.4) is 0 Å². The molecule has 2 aliphatic rings. The van der Waals surface area contributed by atoms with Gasteiger partial charge < -0.3 is 15.3 Å². The molecule has 1 amide bonds. The molecule has 2 fully saturated rings. The molecule has 2 rings (SSSR count). The van der Waals surface area contributed by atoms with Crippen molar-refractivity contribution >= 4 is 15.7 Å². The highest BCUT2D eigenvalue weighted by molar-refractivity contribution is 7.91. The highest BCUT2D eigenvalue weighted by Gasteiger charge is 2.45. The van der Waals surface area contributed by atoms with Crippen molar-refractivity contribution in [3.63, 3.8) is 0 Å². The minimum absolute atomic E-state index is 0.00106. The highest BCUT2D eigenvalue weighted by Crippen LogP contribution is 2.33. The third kappa shape index (κ3) is 2.99. The standard InChI is InChI=1S/C13H24N2O4S/c1-2-13(4-5-14-10-13)12(17)15(6-7-16)11-3-8-20(18,19)9-11/h11,14,16H,2-10H2,1H3. The van der Waals surface area contributed by atoms with Crippen LogP contribution in [0.4, 0.5) is 0 Å². The molecule has 2 atom stereocenters. The number of hydrogen-bond acceptors (Lipinski definition) is 5. The van der Waals surface area contributed by atoms with E-state index in [4.69, 9.17) is 0 Å². The molecule has 0 radical (unpaired) electrons. The van der Waals surface area contributed by atoms with Gasteiger partial charge in [0.25, 0.3) is 0 Å². The number of rotatable bonds is 5. The van der Waals surface area contributed by atoms with Crippen molar-refractivity contribution < 1.29 is 18.3 Å². The third-order valence-corrected chi connectivity index (χ3v) is 6.38. The molecule has 0 aromatic rings. The molecular weight excluding hydrogens is 280 g/mol. The fourth-order valence-electron chi connectivity index (χ4n) is 3.26. The summed E-state index contributed by atoms with van der Waals surface area (Å²) in [6, 6.07) is -0.274. The maximum atomic E-state index is 12.9. The third-order valence-electron chi connectivity index (χ3n) is 4.63. The number of hydrogen-bond donors (Lipinski definition) is 2. The lowest BCUT2D eigenvalue weighted by Crippen LogP contribution is -2.51. The Morgan fingerprint density at radius 3 is 2.70 bits per heavy atom. The summed E-state index contributed by atoms with van der Waals surface area (Å²) < 4.78 is 23.3. The predicted octanol–water partition coefficient (Wildman–Crippen LogP) is -0.616. The average Bonchev–Trinajstić information content (AvgIpc) is 3.02. The smallest absolute Gasteiger partial charge is 0.230 e. The molecule has 0 aliphatic carbocycles. The molecule has 2 aliphatic heterocycles. The Morgan fingerprint density at radius 2 is 2.25 bits per heavy atom. The number of amides is 1. The van der Waals surface area contributed by atoms with Crippen molar-refractivity contribution in [3.05, 3.63) is 0 Å². The number of carbonyl (C=O) groups is 1. The molecule has 0 saturated carbocycles. The zero-order valence-electron chi connectivity index (χ0n) is 12.0. The summed E-state index contributed by atoms with van der Waals surface area (Å²) in [5.74, 6) is 0.178. The zero-order valence-corrected chi connectivity index (χ0v) is 12.8. The lowest BCUT2D eigenvalue weighted by molar-refractivity contribution is -0.144. The Balaban J connectivity index is 2.18. The zero-order chi connectivity index (χ0) is 14.8. The van der Waals surface area contributed by atoms with E-state index >= 15 is 0 Å². The van der Waals surface area contributed by atoms with Gasteiger partial charge in [-0.25, -0.2) is 8.42 Å². The van der Waals surface area contributed by atoms with Gasteiger partial charge in [0.15, 0.2) is 9.84 Å². The molecule has 7 heteroatoms. The molecule has 0 aromatic heterocycles. The van der Waals surface area contributed by atoms with Crippen LogP contribution in [-0.4, -0.2) is 68.1 Å². The normalized spacial score (nSPS) is 32.4. The van der Waals surface area contributed by atoms with Crippen LogP contribution in [0.25, 0.3) is 0 Å². The first-order chi connectivity index (χ1) is 9.44. The van der Waals surface area contributed by atoms with Crippen LogP contribution in [0.15, 0.2) is 0 Å². The van der Waals surface area contributed by atoms with Crippen LogP contribution in [0.5, 0.6) is 0 Å². The number of nitrogens with zero attached hydrogens (tertiary/aromatic N) is 1. The first-order valence-corrected chi connectivity index (χ1v) is 9.09. The lowest BCUT2D eigenvalue weighted by atomic mass is 9.82. The van der Waals surface area contributed by atoms with Crippen LogP contribution < -0.4 is 5.32 Å². The Hall–Kier alpha value is -0.660. The SMILES string of the molecule is CCC1(C(=O)N(CCO)C2CCS(=O)(=O)C2)CCNC1. The molecule has 0 bridgehead atoms. The van der Waals surface area contributed by atoms with E-state index in [0.717, 1.165) is 19.4 Å². The summed E-state index contributed by atoms with van der Waals surface area (Å²) in [5, 5.41) is 12.4. The van der Waals surface area contributed by atoms with E-state index in [1.807, 2.05) is 6.92 Å². The second-order valence-electron chi connectivity index (χ2n) is 5.84. The second kappa shape index (κ2) is 5.99. The van der Waals surface area contributed by atoms with E-state index in [2.05, 4.69) is 5.32 Å². The van der Waals surface area contributed by atoms with Gasteiger partial charge in [0.05, 0.1) is 23.5 Å². The van der Waals surface area contributed by atoms with Crippen LogP contribution in [0.2, 0.25) is 0 Å². The van der Waals surface area contributed by atoms with Crippen LogP contribution >= 0.6 is 0 Å². The van der Waals surface area contributed by atoms with E-state index in [1.165, 1.54) is 0 Å². The van der Waals surface area contributed by atoms with Gasteiger partial charge in [-0.3, -0.25) is 4.79 Å². The van der Waals surface area contributed by atoms with E-state index < -0.39 is 15.3 Å². The van der Waals surface area contributed by atoms with Crippen molar-refractivity contribution in [2.24, 2.45) is 5.41 Å². The monoisotopic (exact) mass is 304 g/mol. The van der Waals surface area contributed by atoms with Gasteiger partial charge in [-0.2, -0.15) is 0 Å². The molecule has 2 unspecified atom stereocenters. The van der Waals surface area contributed by atoms with Gasteiger partial charge in [0.1, 0.15) is 0 Å². The molecule has 0 aromatic carbocycles. The number of sulfone groups is 1. The van der Waals surface area contributed by atoms with Crippen molar-refractivity contribution in [3.8, 4) is 0 Å². The summed E-state index contributed by atoms with van der Waals surface area (Å²) >= 11 is 0. The Kier molecular flexibility index (Phi) is 4.71. The summed E-state index contributed by atoms with van der Waals surface area (Å²) in [6.07, 6.45) is 2.01. The molecule has 2 heterocycles. The lowest BCUT2D eigenvalue weighted by Gasteiger charge is -2.36. The second-order valence-corrected chi connectivity index (χ2v) is 8.07. The molecule has 2 saturated heterocycles. The topological polar surface area (TPSA) is 86.7 Å². The molecule has 2 N–H and O–H groups in total. The Labute approximate surface area is 120 Å². The molecule has 20 heavy (non-hydrogen) atoms. The maximum Gasteiger partial charge on any atom is 0.230 e. The van der Waals surface area contributed by atoms with Crippen molar-refractivity contribution in [2.45, 2.75) is 32.2 Å². The Bertz CT molecular complexity index is 457. The van der Waals surface area contributed by atoms with Crippen LogP contribution in [0.1, 0.15) is 26.2 Å². The van der Waals surface area contributed by atoms with Gasteiger partial charge >= 0.3 is 0 Å². The first-order valence-electron chi connectivity index (χ1n) is 7.27. The number of aliphatic hydroxyl groups excluding tert-OH is 1. The summed E-state index contributed by atoms with van der Waals surface area (Å²) in [4.78, 5) is 14.5. The number of nitrogens with one attached hydrogen (secondary N) is 1. The summed E-state index contributed by atoms with van der Waals surface area (Å²) in [6.45, 7) is 3.54. The van der Waals surface area contributed by atoms with Gasteiger partial charge in [0, 0.05) is 19.1 Å². The van der Waals surface area contributed by atoms with Crippen molar-refractivity contribution in [1.29, 1.82) is 0 Å². The van der Waals surface area contributed by atoms with Crippen LogP contribution in [-0.2, 0) is 14.6 Å². The average molecular weight is 304 g/mol. The molecule has 116 valence electrons. The number of carbonyl (C=O) groups excluding carboxylic acids is 1. The van der Waals surface area contributed by atoms with Crippen LogP contribution in [0, 0.1) is 5.41 Å². The fraction of sp³-hybridized carbons (Fsp3) is 0.923. The summed E-state index contributed by atoms with van der Waals surface area (Å²) in [5.41, 5.74) is -0.429. The van der Waals surface area contributed by atoms with Gasteiger partial charge in [-0.15, -0.1) is 0 Å². The molecule has 0 spiro atoms. The quantitative estimate of drug-likeness (QED) is 0.707. The highest BCUT2D eigenvalue weighted by atomic mass is 32.2. The van der Waals surface area contributed by atoms with E-state index in [1.54, 1.807) is 4.90 Å². The Morgan fingerprint density at radius 1 is 1.50 bits per heavy atom. The fourth-order valence-corrected chi connectivity index (χ4v) is 4.99. The summed E-state index contributed by atoms with van der Waals surface area (Å²) in [7, 11) is -3.03. The molecule has 6 nitrogen and oxygen atoms in total. The largest absolute Gasteiger partial charge is 0.395 e. The number of aliphatic hydroxyl groups is 1. The predicted molar refractivity (Wildman–Crippen MR) is 76.1 cm³/mol. The minimum Gasteiger partial charge on any atom is -0.395 e. The maximum absolute atomic E-state index is 12.9. The van der Waals surface area contributed by atoms with Gasteiger partial charge in [0.2, 0.25) is 5.91 Å². The van der Waals surface area contributed by atoms with E-state index in [9.17, 15) is 18.3 Å².